The number of amides is 1. The van der Waals surface area contributed by atoms with Crippen molar-refractivity contribution in [2.24, 2.45) is 4.99 Å². The van der Waals surface area contributed by atoms with Gasteiger partial charge in [0.15, 0.2) is 12.6 Å². The van der Waals surface area contributed by atoms with Gasteiger partial charge in [-0.3, -0.25) is 4.79 Å². The Labute approximate surface area is 201 Å². The first-order valence-electron chi connectivity index (χ1n) is 10.3. The van der Waals surface area contributed by atoms with Crippen molar-refractivity contribution in [3.8, 4) is 5.75 Å². The van der Waals surface area contributed by atoms with Crippen LogP contribution in [0.4, 0.5) is 0 Å². The summed E-state index contributed by atoms with van der Waals surface area (Å²) in [6.07, 6.45) is 1.77. The number of carbonyl (C=O) groups is 1. The number of oxazole rings is 1. The third-order valence-electron chi connectivity index (χ3n) is 4.11. The maximum atomic E-state index is 11.5. The fourth-order valence-corrected chi connectivity index (χ4v) is 2.54. The van der Waals surface area contributed by atoms with Crippen molar-refractivity contribution >= 4 is 35.8 Å². The molecule has 31 heavy (non-hydrogen) atoms. The Morgan fingerprint density at radius 2 is 1.90 bits per heavy atom. The number of carbonyl (C=O) groups excluding carboxylic acids is 1. The molecule has 2 aromatic rings. The molecule has 0 unspecified atom stereocenters. The van der Waals surface area contributed by atoms with Gasteiger partial charge in [-0.1, -0.05) is 32.9 Å². The van der Waals surface area contributed by atoms with Crippen LogP contribution in [0.25, 0.3) is 0 Å². The Balaban J connectivity index is 0.00000480. The number of hydrogen-bond acceptors (Lipinski definition) is 5. The van der Waals surface area contributed by atoms with Gasteiger partial charge in [-0.25, -0.2) is 9.98 Å². The zero-order valence-electron chi connectivity index (χ0n) is 18.9. The van der Waals surface area contributed by atoms with E-state index in [0.717, 1.165) is 17.9 Å². The minimum Gasteiger partial charge on any atom is -0.484 e. The maximum absolute atomic E-state index is 11.5. The molecule has 1 aromatic carbocycles. The maximum Gasteiger partial charge on any atom is 0.257 e. The largest absolute Gasteiger partial charge is 0.484 e. The van der Waals surface area contributed by atoms with Crippen LogP contribution >= 0.6 is 24.0 Å². The summed E-state index contributed by atoms with van der Waals surface area (Å²) < 4.78 is 11.4. The van der Waals surface area contributed by atoms with Crippen LogP contribution in [-0.2, 0) is 23.3 Å². The van der Waals surface area contributed by atoms with Crippen LogP contribution in [0.3, 0.4) is 0 Å². The van der Waals surface area contributed by atoms with Gasteiger partial charge in [0.25, 0.3) is 5.91 Å². The van der Waals surface area contributed by atoms with E-state index < -0.39 is 0 Å². The lowest BCUT2D eigenvalue weighted by atomic mass is 9.94. The highest BCUT2D eigenvalue weighted by Crippen LogP contribution is 2.22. The molecule has 0 fully saturated rings. The van der Waals surface area contributed by atoms with Crippen LogP contribution in [-0.4, -0.2) is 36.5 Å². The fourth-order valence-electron chi connectivity index (χ4n) is 2.54. The molecule has 0 saturated carbocycles. The van der Waals surface area contributed by atoms with E-state index in [4.69, 9.17) is 9.15 Å². The number of nitrogens with zero attached hydrogens (tertiary/aromatic N) is 2. The number of rotatable bonds is 9. The molecule has 0 radical (unpaired) electrons. The summed E-state index contributed by atoms with van der Waals surface area (Å²) in [5.41, 5.74) is 0.903. The Hall–Kier alpha value is -2.30. The molecule has 9 heteroatoms. The molecule has 3 N–H and O–H groups in total. The number of benzene rings is 1. The summed E-state index contributed by atoms with van der Waals surface area (Å²) in [6.45, 7) is 12.4. The summed E-state index contributed by atoms with van der Waals surface area (Å²) in [6, 6.07) is 7.57. The van der Waals surface area contributed by atoms with E-state index in [-0.39, 0.29) is 41.9 Å². The molecule has 1 aromatic heterocycles. The number of aromatic nitrogens is 1. The summed E-state index contributed by atoms with van der Waals surface area (Å²) in [7, 11) is 0. The van der Waals surface area contributed by atoms with Crippen molar-refractivity contribution in [3.63, 3.8) is 0 Å². The first-order valence-corrected chi connectivity index (χ1v) is 10.3. The summed E-state index contributed by atoms with van der Waals surface area (Å²) in [5, 5.41) is 9.16. The normalized spacial score (nSPS) is 11.5. The molecule has 1 amide bonds. The van der Waals surface area contributed by atoms with Crippen LogP contribution in [0, 0.1) is 0 Å². The lowest BCUT2D eigenvalue weighted by molar-refractivity contribution is -0.122. The van der Waals surface area contributed by atoms with Gasteiger partial charge in [-0.15, -0.1) is 24.0 Å². The molecule has 0 saturated heterocycles. The Kier molecular flexibility index (Phi) is 11.4. The van der Waals surface area contributed by atoms with Crippen LogP contribution in [0.1, 0.15) is 51.8 Å². The van der Waals surface area contributed by atoms with Gasteiger partial charge in [-0.2, -0.15) is 0 Å². The average Bonchev–Trinajstić information content (AvgIpc) is 3.19. The van der Waals surface area contributed by atoms with Gasteiger partial charge in [0.05, 0.1) is 19.3 Å². The van der Waals surface area contributed by atoms with Gasteiger partial charge < -0.3 is 25.1 Å². The molecule has 0 aliphatic heterocycles. The van der Waals surface area contributed by atoms with Gasteiger partial charge in [0.2, 0.25) is 5.89 Å². The van der Waals surface area contributed by atoms with Crippen molar-refractivity contribution in [3.05, 3.63) is 47.7 Å². The van der Waals surface area contributed by atoms with Crippen molar-refractivity contribution in [1.82, 2.24) is 20.9 Å². The van der Waals surface area contributed by atoms with E-state index >= 15 is 0 Å². The Bertz CT molecular complexity index is 846. The number of guanidine groups is 1. The van der Waals surface area contributed by atoms with E-state index in [1.54, 1.807) is 6.20 Å². The minimum absolute atomic E-state index is 0. The number of ether oxygens (including phenoxy) is 1. The summed E-state index contributed by atoms with van der Waals surface area (Å²) in [5.74, 6) is 2.64. The molecule has 8 nitrogen and oxygen atoms in total. The number of likely N-dealkylation sites (N-methyl/N-ethyl adjacent to an activating group) is 1. The van der Waals surface area contributed by atoms with E-state index in [1.165, 1.54) is 0 Å². The van der Waals surface area contributed by atoms with Crippen LogP contribution in [0.2, 0.25) is 0 Å². The molecule has 0 aliphatic rings. The van der Waals surface area contributed by atoms with Gasteiger partial charge in [-0.05, 0) is 31.5 Å². The molecule has 1 heterocycles. The smallest absolute Gasteiger partial charge is 0.257 e. The van der Waals surface area contributed by atoms with E-state index in [2.05, 4.69) is 46.7 Å². The van der Waals surface area contributed by atoms with Gasteiger partial charge >= 0.3 is 0 Å². The van der Waals surface area contributed by atoms with Crippen LogP contribution in [0.15, 0.2) is 39.9 Å². The number of hydrogen-bond donors (Lipinski definition) is 3. The van der Waals surface area contributed by atoms with Crippen molar-refractivity contribution in [2.75, 3.05) is 19.7 Å². The second-order valence-electron chi connectivity index (χ2n) is 7.81. The van der Waals surface area contributed by atoms with Crippen molar-refractivity contribution < 1.29 is 13.9 Å². The highest BCUT2D eigenvalue weighted by molar-refractivity contribution is 14.0. The molecule has 0 aliphatic carbocycles. The van der Waals surface area contributed by atoms with E-state index in [1.807, 2.05) is 38.1 Å². The molecule has 0 atom stereocenters. The Morgan fingerprint density at radius 3 is 2.55 bits per heavy atom. The SMILES string of the molecule is CCNC(=O)COc1cccc(CN=C(NCC)NCc2ncc(C(C)(C)C)o2)c1.I. The summed E-state index contributed by atoms with van der Waals surface area (Å²) >= 11 is 0. The third kappa shape index (κ3) is 9.58. The first-order chi connectivity index (χ1) is 14.3. The second-order valence-corrected chi connectivity index (χ2v) is 7.81. The zero-order chi connectivity index (χ0) is 22.0. The highest BCUT2D eigenvalue weighted by Gasteiger charge is 2.19. The second kappa shape index (κ2) is 13.2. The molecular formula is C22H34IN5O3. The average molecular weight is 543 g/mol. The highest BCUT2D eigenvalue weighted by atomic mass is 127. The number of halogens is 1. The lowest BCUT2D eigenvalue weighted by Crippen LogP contribution is -2.36. The standard InChI is InChI=1S/C22H33N5O3.HI/c1-6-23-19(28)15-29-17-10-8-9-16(11-17)12-26-21(24-7-2)27-14-20-25-13-18(30-20)22(3,4)5;/h8-11,13H,6-7,12,14-15H2,1-5H3,(H,23,28)(H2,24,26,27);1H. The Morgan fingerprint density at radius 1 is 1.16 bits per heavy atom. The first kappa shape index (κ1) is 26.7. The monoisotopic (exact) mass is 543 g/mol. The third-order valence-corrected chi connectivity index (χ3v) is 4.11. The van der Waals surface area contributed by atoms with Crippen molar-refractivity contribution in [2.45, 2.75) is 53.1 Å². The number of nitrogens with one attached hydrogen (secondary N) is 3. The molecular weight excluding hydrogens is 509 g/mol. The van der Waals surface area contributed by atoms with Crippen LogP contribution < -0.4 is 20.7 Å². The van der Waals surface area contributed by atoms with Gasteiger partial charge in [0.1, 0.15) is 11.5 Å². The van der Waals surface area contributed by atoms with E-state index in [0.29, 0.717) is 37.2 Å². The molecule has 0 spiro atoms. The van der Waals surface area contributed by atoms with Crippen LogP contribution in [0.5, 0.6) is 5.75 Å². The molecule has 172 valence electrons. The molecule has 2 rings (SSSR count). The van der Waals surface area contributed by atoms with Gasteiger partial charge in [0, 0.05) is 18.5 Å². The lowest BCUT2D eigenvalue weighted by Gasteiger charge is -2.13. The predicted octanol–water partition coefficient (Wildman–Crippen LogP) is 3.36. The number of aliphatic imine (C=N–C) groups is 1. The quantitative estimate of drug-likeness (QED) is 0.255. The predicted molar refractivity (Wildman–Crippen MR) is 133 cm³/mol. The van der Waals surface area contributed by atoms with E-state index in [9.17, 15) is 4.79 Å². The summed E-state index contributed by atoms with van der Waals surface area (Å²) in [4.78, 5) is 20.5. The minimum atomic E-state index is -0.138. The molecule has 0 bridgehead atoms. The topological polar surface area (TPSA) is 101 Å². The zero-order valence-corrected chi connectivity index (χ0v) is 21.3. The fraction of sp³-hybridized carbons (Fsp3) is 0.500. The van der Waals surface area contributed by atoms with Crippen molar-refractivity contribution in [1.29, 1.82) is 0 Å².